The normalized spacial score (nSPS) is 12.7. The molecule has 0 spiro atoms. The fourth-order valence-electron chi connectivity index (χ4n) is 2.41. The van der Waals surface area contributed by atoms with Gasteiger partial charge in [0.15, 0.2) is 0 Å². The van der Waals surface area contributed by atoms with Crippen LogP contribution < -0.4 is 10.6 Å². The number of amides is 2. The van der Waals surface area contributed by atoms with E-state index in [0.717, 1.165) is 17.0 Å². The highest BCUT2D eigenvalue weighted by Crippen LogP contribution is 2.30. The first kappa shape index (κ1) is 19.2. The van der Waals surface area contributed by atoms with Crippen LogP contribution in [0.2, 0.25) is 0 Å². The highest BCUT2D eigenvalue weighted by molar-refractivity contribution is 7.16. The standard InChI is InChI=1S/C18H26N4O2S/c1-7-13(14-8-9-19-22(14)6)20-15(23)12-10-11(2)25-16(12)21-17(24)18(3,4)5/h8-10,13H,7H2,1-6H3,(H,20,23)(H,21,24)/t13-/m1/s1. The van der Waals surface area contributed by atoms with Gasteiger partial charge in [0, 0.05) is 23.5 Å². The highest BCUT2D eigenvalue weighted by Gasteiger charge is 2.25. The summed E-state index contributed by atoms with van der Waals surface area (Å²) in [6.45, 7) is 9.47. The molecule has 7 heteroatoms. The summed E-state index contributed by atoms with van der Waals surface area (Å²) < 4.78 is 1.76. The summed E-state index contributed by atoms with van der Waals surface area (Å²) in [5.41, 5.74) is 0.926. The molecule has 2 heterocycles. The van der Waals surface area contributed by atoms with E-state index in [4.69, 9.17) is 0 Å². The number of hydrogen-bond donors (Lipinski definition) is 2. The molecule has 25 heavy (non-hydrogen) atoms. The van der Waals surface area contributed by atoms with Gasteiger partial charge < -0.3 is 10.6 Å². The van der Waals surface area contributed by atoms with Gasteiger partial charge in [0.25, 0.3) is 5.91 Å². The third-order valence-corrected chi connectivity index (χ3v) is 4.90. The average Bonchev–Trinajstić information content (AvgIpc) is 3.09. The topological polar surface area (TPSA) is 76.0 Å². The Hall–Kier alpha value is -2.15. The number of aromatic nitrogens is 2. The Morgan fingerprint density at radius 2 is 2.04 bits per heavy atom. The molecule has 6 nitrogen and oxygen atoms in total. The fraction of sp³-hybridized carbons (Fsp3) is 0.500. The van der Waals surface area contributed by atoms with Crippen LogP contribution in [0.1, 0.15) is 61.1 Å². The van der Waals surface area contributed by atoms with Gasteiger partial charge >= 0.3 is 0 Å². The molecule has 0 aliphatic heterocycles. The van der Waals surface area contributed by atoms with Crippen molar-refractivity contribution in [2.24, 2.45) is 12.5 Å². The van der Waals surface area contributed by atoms with Crippen molar-refractivity contribution in [3.8, 4) is 0 Å². The van der Waals surface area contributed by atoms with Crippen molar-refractivity contribution in [1.29, 1.82) is 0 Å². The van der Waals surface area contributed by atoms with Crippen LogP contribution in [-0.4, -0.2) is 21.6 Å². The summed E-state index contributed by atoms with van der Waals surface area (Å²) in [4.78, 5) is 26.1. The minimum Gasteiger partial charge on any atom is -0.344 e. The number of anilines is 1. The molecule has 0 aromatic carbocycles. The van der Waals surface area contributed by atoms with Crippen molar-refractivity contribution in [3.05, 3.63) is 34.5 Å². The van der Waals surface area contributed by atoms with Crippen LogP contribution in [-0.2, 0) is 11.8 Å². The van der Waals surface area contributed by atoms with Crippen LogP contribution in [0.4, 0.5) is 5.00 Å². The molecular weight excluding hydrogens is 336 g/mol. The lowest BCUT2D eigenvalue weighted by Crippen LogP contribution is -2.31. The molecule has 0 fully saturated rings. The maximum atomic E-state index is 12.8. The van der Waals surface area contributed by atoms with Gasteiger partial charge in [-0.3, -0.25) is 14.3 Å². The van der Waals surface area contributed by atoms with Crippen molar-refractivity contribution >= 4 is 28.2 Å². The number of carbonyl (C=O) groups is 2. The van der Waals surface area contributed by atoms with Gasteiger partial charge in [0.2, 0.25) is 5.91 Å². The molecular formula is C18H26N4O2S. The third-order valence-electron chi connectivity index (χ3n) is 3.94. The molecule has 2 rings (SSSR count). The van der Waals surface area contributed by atoms with Crippen molar-refractivity contribution in [1.82, 2.24) is 15.1 Å². The van der Waals surface area contributed by atoms with Crippen LogP contribution in [0.3, 0.4) is 0 Å². The molecule has 0 bridgehead atoms. The van der Waals surface area contributed by atoms with Crippen LogP contribution in [0, 0.1) is 12.3 Å². The Kier molecular flexibility index (Phi) is 5.67. The van der Waals surface area contributed by atoms with Gasteiger partial charge in [0.1, 0.15) is 5.00 Å². The molecule has 2 amide bonds. The summed E-state index contributed by atoms with van der Waals surface area (Å²) in [6.07, 6.45) is 2.46. The number of nitrogens with zero attached hydrogens (tertiary/aromatic N) is 2. The van der Waals surface area contributed by atoms with Crippen molar-refractivity contribution in [3.63, 3.8) is 0 Å². The molecule has 1 atom stereocenters. The Balaban J connectivity index is 2.22. The summed E-state index contributed by atoms with van der Waals surface area (Å²) in [7, 11) is 1.86. The van der Waals surface area contributed by atoms with Crippen molar-refractivity contribution in [2.75, 3.05) is 5.32 Å². The van der Waals surface area contributed by atoms with Crippen LogP contribution in [0.15, 0.2) is 18.3 Å². The fourth-order valence-corrected chi connectivity index (χ4v) is 3.32. The average molecular weight is 362 g/mol. The van der Waals surface area contributed by atoms with Gasteiger partial charge in [-0.25, -0.2) is 0 Å². The van der Waals surface area contributed by atoms with E-state index < -0.39 is 5.41 Å². The van der Waals surface area contributed by atoms with Crippen LogP contribution >= 0.6 is 11.3 Å². The minimum atomic E-state index is -0.522. The Morgan fingerprint density at radius 1 is 1.36 bits per heavy atom. The van der Waals surface area contributed by atoms with Gasteiger partial charge in [-0.15, -0.1) is 11.3 Å². The van der Waals surface area contributed by atoms with Gasteiger partial charge in [0.05, 0.1) is 17.3 Å². The van der Waals surface area contributed by atoms with E-state index in [9.17, 15) is 9.59 Å². The first-order valence-corrected chi connectivity index (χ1v) is 9.15. The zero-order valence-corrected chi connectivity index (χ0v) is 16.5. The lowest BCUT2D eigenvalue weighted by Gasteiger charge is -2.19. The maximum Gasteiger partial charge on any atom is 0.254 e. The third kappa shape index (κ3) is 4.48. The summed E-state index contributed by atoms with van der Waals surface area (Å²) in [5, 5.41) is 10.7. The SMILES string of the molecule is CC[C@@H](NC(=O)c1cc(C)sc1NC(=O)C(C)(C)C)c1ccnn1C. The molecule has 2 aromatic heterocycles. The lowest BCUT2D eigenvalue weighted by molar-refractivity contribution is -0.123. The molecule has 0 radical (unpaired) electrons. The molecule has 0 saturated carbocycles. The molecule has 136 valence electrons. The van der Waals surface area contributed by atoms with E-state index in [1.165, 1.54) is 11.3 Å². The predicted octanol–water partition coefficient (Wildman–Crippen LogP) is 3.66. The van der Waals surface area contributed by atoms with Gasteiger partial charge in [-0.05, 0) is 25.5 Å². The second-order valence-electron chi connectivity index (χ2n) is 7.12. The summed E-state index contributed by atoms with van der Waals surface area (Å²) in [6, 6.07) is 3.58. The second kappa shape index (κ2) is 7.39. The number of thiophene rings is 1. The van der Waals surface area contributed by atoms with Crippen molar-refractivity contribution < 1.29 is 9.59 Å². The zero-order chi connectivity index (χ0) is 18.8. The molecule has 0 aliphatic carbocycles. The van der Waals surface area contributed by atoms with E-state index in [2.05, 4.69) is 15.7 Å². The Labute approximate surface area is 152 Å². The minimum absolute atomic E-state index is 0.109. The largest absolute Gasteiger partial charge is 0.344 e. The number of nitrogens with one attached hydrogen (secondary N) is 2. The van der Waals surface area contributed by atoms with Crippen LogP contribution in [0.5, 0.6) is 0 Å². The second-order valence-corrected chi connectivity index (χ2v) is 8.37. The zero-order valence-electron chi connectivity index (χ0n) is 15.6. The monoisotopic (exact) mass is 362 g/mol. The maximum absolute atomic E-state index is 12.8. The highest BCUT2D eigenvalue weighted by atomic mass is 32.1. The van der Waals surface area contributed by atoms with Crippen LogP contribution in [0.25, 0.3) is 0 Å². The lowest BCUT2D eigenvalue weighted by atomic mass is 9.96. The van der Waals surface area contributed by atoms with Gasteiger partial charge in [-0.2, -0.15) is 5.10 Å². The first-order valence-electron chi connectivity index (χ1n) is 8.34. The summed E-state index contributed by atoms with van der Waals surface area (Å²) >= 11 is 1.41. The number of carbonyl (C=O) groups excluding carboxylic acids is 2. The van der Waals surface area contributed by atoms with E-state index in [-0.39, 0.29) is 17.9 Å². The Morgan fingerprint density at radius 3 is 2.56 bits per heavy atom. The molecule has 0 aliphatic rings. The van der Waals surface area contributed by atoms with Gasteiger partial charge in [-0.1, -0.05) is 27.7 Å². The number of rotatable bonds is 5. The predicted molar refractivity (Wildman–Crippen MR) is 101 cm³/mol. The van der Waals surface area contributed by atoms with E-state index in [1.54, 1.807) is 10.9 Å². The van der Waals surface area contributed by atoms with E-state index >= 15 is 0 Å². The summed E-state index contributed by atoms with van der Waals surface area (Å²) in [5.74, 6) is -0.302. The smallest absolute Gasteiger partial charge is 0.254 e. The molecule has 2 aromatic rings. The van der Waals surface area contributed by atoms with E-state index in [1.807, 2.05) is 53.8 Å². The number of hydrogen-bond acceptors (Lipinski definition) is 4. The molecule has 0 saturated heterocycles. The molecule has 0 unspecified atom stereocenters. The Bertz CT molecular complexity index is 770. The first-order chi connectivity index (χ1) is 11.6. The molecule has 2 N–H and O–H groups in total. The number of aryl methyl sites for hydroxylation is 2. The van der Waals surface area contributed by atoms with Crippen molar-refractivity contribution in [2.45, 2.75) is 47.1 Å². The van der Waals surface area contributed by atoms with E-state index in [0.29, 0.717) is 10.6 Å². The quantitative estimate of drug-likeness (QED) is 0.852.